The van der Waals surface area contributed by atoms with Crippen molar-refractivity contribution in [2.24, 2.45) is 0 Å². The van der Waals surface area contributed by atoms with Gasteiger partial charge in [-0.2, -0.15) is 0 Å². The minimum absolute atomic E-state index is 0.279. The highest BCUT2D eigenvalue weighted by atomic mass is 79.9. The van der Waals surface area contributed by atoms with Gasteiger partial charge in [-0.25, -0.2) is 4.79 Å². The molecular weight excluding hydrogens is 404 g/mol. The van der Waals surface area contributed by atoms with E-state index < -0.39 is 5.60 Å². The highest BCUT2D eigenvalue weighted by Crippen LogP contribution is 2.41. The van der Waals surface area contributed by atoms with E-state index in [0.29, 0.717) is 0 Å². The molecule has 2 aromatic rings. The Bertz CT molecular complexity index is 814. The van der Waals surface area contributed by atoms with Gasteiger partial charge in [-0.1, -0.05) is 34.1 Å². The minimum atomic E-state index is -0.523. The molecule has 27 heavy (non-hydrogen) atoms. The third-order valence-corrected chi connectivity index (χ3v) is 5.29. The molecule has 0 radical (unpaired) electrons. The summed E-state index contributed by atoms with van der Waals surface area (Å²) in [4.78, 5) is 14.8. The Labute approximate surface area is 170 Å². The SMILES string of the molecule is CC(C)(C)OC(=O)N1c2ccccc2CC1(C)CCNc1ccc(Br)cc1. The van der Waals surface area contributed by atoms with E-state index in [-0.39, 0.29) is 11.6 Å². The molecule has 0 bridgehead atoms. The molecule has 0 saturated heterocycles. The van der Waals surface area contributed by atoms with E-state index >= 15 is 0 Å². The number of para-hydroxylation sites is 1. The Hall–Kier alpha value is -2.01. The zero-order valence-electron chi connectivity index (χ0n) is 16.4. The van der Waals surface area contributed by atoms with Crippen molar-refractivity contribution in [3.8, 4) is 0 Å². The number of carbonyl (C=O) groups is 1. The molecule has 0 aromatic heterocycles. The monoisotopic (exact) mass is 430 g/mol. The average Bonchev–Trinajstić information content (AvgIpc) is 2.87. The number of anilines is 2. The number of hydrogen-bond acceptors (Lipinski definition) is 3. The van der Waals surface area contributed by atoms with Gasteiger partial charge < -0.3 is 10.1 Å². The first-order chi connectivity index (χ1) is 12.7. The summed E-state index contributed by atoms with van der Waals surface area (Å²) in [5, 5.41) is 3.46. The highest BCUT2D eigenvalue weighted by Gasteiger charge is 2.44. The molecule has 1 aliphatic heterocycles. The minimum Gasteiger partial charge on any atom is -0.443 e. The van der Waals surface area contributed by atoms with E-state index in [1.807, 2.05) is 68.1 Å². The zero-order chi connectivity index (χ0) is 19.7. The van der Waals surface area contributed by atoms with Crippen LogP contribution in [-0.2, 0) is 11.2 Å². The number of benzene rings is 2. The number of ether oxygens (including phenoxy) is 1. The van der Waals surface area contributed by atoms with Gasteiger partial charge in [0.2, 0.25) is 0 Å². The van der Waals surface area contributed by atoms with Gasteiger partial charge in [0.25, 0.3) is 0 Å². The first-order valence-electron chi connectivity index (χ1n) is 9.29. The standard InChI is InChI=1S/C22H27BrN2O2/c1-21(2,3)27-20(26)25-19-8-6-5-7-16(19)15-22(25,4)13-14-24-18-11-9-17(23)10-12-18/h5-12,24H,13-15H2,1-4H3. The van der Waals surface area contributed by atoms with Crippen molar-refractivity contribution in [1.82, 2.24) is 0 Å². The summed E-state index contributed by atoms with van der Waals surface area (Å²) in [6.07, 6.45) is 1.36. The van der Waals surface area contributed by atoms with Crippen molar-refractivity contribution in [3.63, 3.8) is 0 Å². The molecule has 1 aliphatic rings. The number of halogens is 1. The Morgan fingerprint density at radius 1 is 1.19 bits per heavy atom. The molecule has 144 valence electrons. The Morgan fingerprint density at radius 3 is 2.52 bits per heavy atom. The van der Waals surface area contributed by atoms with Crippen LogP contribution in [0.3, 0.4) is 0 Å². The smallest absolute Gasteiger partial charge is 0.415 e. The first kappa shape index (κ1) is 19.7. The van der Waals surface area contributed by atoms with E-state index in [1.54, 1.807) is 0 Å². The van der Waals surface area contributed by atoms with Crippen molar-refractivity contribution in [2.45, 2.75) is 51.7 Å². The molecule has 1 amide bonds. The van der Waals surface area contributed by atoms with Crippen LogP contribution in [0.25, 0.3) is 0 Å². The summed E-state index contributed by atoms with van der Waals surface area (Å²) < 4.78 is 6.77. The zero-order valence-corrected chi connectivity index (χ0v) is 18.0. The van der Waals surface area contributed by atoms with Crippen LogP contribution in [0, 0.1) is 0 Å². The summed E-state index contributed by atoms with van der Waals surface area (Å²) in [5.41, 5.74) is 2.37. The van der Waals surface area contributed by atoms with E-state index in [9.17, 15) is 4.79 Å². The molecule has 5 heteroatoms. The second-order valence-corrected chi connectivity index (χ2v) is 9.22. The molecule has 4 nitrogen and oxygen atoms in total. The van der Waals surface area contributed by atoms with Crippen molar-refractivity contribution in [3.05, 3.63) is 58.6 Å². The molecule has 0 saturated carbocycles. The van der Waals surface area contributed by atoms with Crippen LogP contribution in [0.4, 0.5) is 16.2 Å². The van der Waals surface area contributed by atoms with Gasteiger partial charge in [-0.05, 0) is 76.4 Å². The van der Waals surface area contributed by atoms with Crippen molar-refractivity contribution in [1.29, 1.82) is 0 Å². The lowest BCUT2D eigenvalue weighted by Gasteiger charge is -2.37. The van der Waals surface area contributed by atoms with Crippen LogP contribution in [0.5, 0.6) is 0 Å². The Balaban J connectivity index is 1.76. The summed E-state index contributed by atoms with van der Waals surface area (Å²) in [5.74, 6) is 0. The van der Waals surface area contributed by atoms with Crippen LogP contribution >= 0.6 is 15.9 Å². The van der Waals surface area contributed by atoms with Gasteiger partial charge >= 0.3 is 6.09 Å². The highest BCUT2D eigenvalue weighted by molar-refractivity contribution is 9.10. The van der Waals surface area contributed by atoms with E-state index in [2.05, 4.69) is 34.2 Å². The average molecular weight is 431 g/mol. The second kappa shape index (κ2) is 7.55. The lowest BCUT2D eigenvalue weighted by atomic mass is 9.92. The van der Waals surface area contributed by atoms with E-state index in [0.717, 1.165) is 35.2 Å². The molecular formula is C22H27BrN2O2. The Kier molecular flexibility index (Phi) is 5.52. The van der Waals surface area contributed by atoms with E-state index in [1.165, 1.54) is 5.56 Å². The fourth-order valence-electron chi connectivity index (χ4n) is 3.53. The first-order valence-corrected chi connectivity index (χ1v) is 10.1. The maximum atomic E-state index is 13.0. The lowest BCUT2D eigenvalue weighted by molar-refractivity contribution is 0.0545. The lowest BCUT2D eigenvalue weighted by Crippen LogP contribution is -2.50. The predicted molar refractivity (Wildman–Crippen MR) is 115 cm³/mol. The summed E-state index contributed by atoms with van der Waals surface area (Å²) in [6, 6.07) is 16.2. The van der Waals surface area contributed by atoms with E-state index in [4.69, 9.17) is 4.74 Å². The topological polar surface area (TPSA) is 41.6 Å². The van der Waals surface area contributed by atoms with Gasteiger partial charge in [0, 0.05) is 16.7 Å². The van der Waals surface area contributed by atoms with Crippen molar-refractivity contribution in [2.75, 3.05) is 16.8 Å². The van der Waals surface area contributed by atoms with Crippen LogP contribution in [0.1, 0.15) is 39.7 Å². The molecule has 1 N–H and O–H groups in total. The fourth-order valence-corrected chi connectivity index (χ4v) is 3.79. The van der Waals surface area contributed by atoms with Crippen molar-refractivity contribution >= 4 is 33.4 Å². The molecule has 0 fully saturated rings. The van der Waals surface area contributed by atoms with Gasteiger partial charge in [0.1, 0.15) is 5.60 Å². The van der Waals surface area contributed by atoms with Crippen LogP contribution in [0.15, 0.2) is 53.0 Å². The normalized spacial score (nSPS) is 18.9. The van der Waals surface area contributed by atoms with Gasteiger partial charge in [0.05, 0.1) is 11.2 Å². The number of rotatable bonds is 4. The van der Waals surface area contributed by atoms with Crippen LogP contribution < -0.4 is 10.2 Å². The third-order valence-electron chi connectivity index (χ3n) is 4.76. The summed E-state index contributed by atoms with van der Waals surface area (Å²) >= 11 is 3.45. The van der Waals surface area contributed by atoms with Gasteiger partial charge in [-0.15, -0.1) is 0 Å². The summed E-state index contributed by atoms with van der Waals surface area (Å²) in [6.45, 7) is 8.61. The van der Waals surface area contributed by atoms with Crippen molar-refractivity contribution < 1.29 is 9.53 Å². The number of fused-ring (bicyclic) bond motifs is 1. The number of carbonyl (C=O) groups excluding carboxylic acids is 1. The number of hydrogen-bond donors (Lipinski definition) is 1. The summed E-state index contributed by atoms with van der Waals surface area (Å²) in [7, 11) is 0. The number of nitrogens with zero attached hydrogens (tertiary/aromatic N) is 1. The molecule has 0 aliphatic carbocycles. The van der Waals surface area contributed by atoms with Crippen LogP contribution in [-0.4, -0.2) is 23.8 Å². The molecule has 0 spiro atoms. The fraction of sp³-hybridized carbons (Fsp3) is 0.409. The second-order valence-electron chi connectivity index (χ2n) is 8.30. The Morgan fingerprint density at radius 2 is 1.85 bits per heavy atom. The van der Waals surface area contributed by atoms with Gasteiger partial charge in [-0.3, -0.25) is 4.90 Å². The molecule has 2 aromatic carbocycles. The maximum absolute atomic E-state index is 13.0. The number of amides is 1. The van der Waals surface area contributed by atoms with Crippen LogP contribution in [0.2, 0.25) is 0 Å². The predicted octanol–water partition coefficient (Wildman–Crippen LogP) is 6.01. The number of nitrogens with one attached hydrogen (secondary N) is 1. The molecule has 3 rings (SSSR count). The quantitative estimate of drug-likeness (QED) is 0.645. The largest absolute Gasteiger partial charge is 0.443 e. The molecule has 1 unspecified atom stereocenters. The van der Waals surface area contributed by atoms with Gasteiger partial charge in [0.15, 0.2) is 0 Å². The molecule has 1 atom stereocenters. The molecule has 1 heterocycles. The maximum Gasteiger partial charge on any atom is 0.415 e. The third kappa shape index (κ3) is 4.64.